The fourth-order valence-electron chi connectivity index (χ4n) is 2.63. The summed E-state index contributed by atoms with van der Waals surface area (Å²) < 4.78 is 0.871. The molecule has 0 aliphatic rings. The molecule has 0 amide bonds. The van der Waals surface area contributed by atoms with Crippen molar-refractivity contribution in [2.75, 3.05) is 6.54 Å². The average Bonchev–Trinajstić information content (AvgIpc) is 2.81. The van der Waals surface area contributed by atoms with Gasteiger partial charge in [0.15, 0.2) is 0 Å². The van der Waals surface area contributed by atoms with E-state index >= 15 is 0 Å². The number of nitrogens with one attached hydrogen (secondary N) is 1. The molecule has 0 radical (unpaired) electrons. The molecule has 1 atom stereocenters. The number of rotatable bonds is 6. The molecular weight excluding hydrogens is 286 g/mol. The zero-order valence-corrected chi connectivity index (χ0v) is 13.9. The molecule has 1 heterocycles. The fraction of sp³-hybridized carbons (Fsp3) is 0.412. The Labute approximate surface area is 131 Å². The summed E-state index contributed by atoms with van der Waals surface area (Å²) in [5.41, 5.74) is 4.16. The van der Waals surface area contributed by atoms with E-state index in [1.54, 1.807) is 11.3 Å². The van der Waals surface area contributed by atoms with Gasteiger partial charge in [0.1, 0.15) is 0 Å². The van der Waals surface area contributed by atoms with E-state index in [1.807, 2.05) is 6.07 Å². The Hall–Kier alpha value is -0.830. The minimum absolute atomic E-state index is 0.367. The van der Waals surface area contributed by atoms with Crippen LogP contribution in [0, 0.1) is 13.8 Å². The fourth-order valence-corrected chi connectivity index (χ4v) is 3.77. The number of benzene rings is 1. The highest BCUT2D eigenvalue weighted by Gasteiger charge is 2.16. The Bertz CT molecular complexity index is 542. The van der Waals surface area contributed by atoms with Gasteiger partial charge in [-0.15, -0.1) is 11.3 Å². The summed E-state index contributed by atoms with van der Waals surface area (Å²) in [5, 5.41) is 3.69. The van der Waals surface area contributed by atoms with Gasteiger partial charge in [0.25, 0.3) is 0 Å². The molecule has 20 heavy (non-hydrogen) atoms. The molecule has 1 N–H and O–H groups in total. The van der Waals surface area contributed by atoms with E-state index < -0.39 is 0 Å². The van der Waals surface area contributed by atoms with Crippen molar-refractivity contribution in [2.45, 2.75) is 39.7 Å². The van der Waals surface area contributed by atoms with Crippen LogP contribution in [0.3, 0.4) is 0 Å². The van der Waals surface area contributed by atoms with Crippen LogP contribution in [0.1, 0.15) is 41.0 Å². The first kappa shape index (κ1) is 15.6. The maximum absolute atomic E-state index is 6.05. The molecule has 108 valence electrons. The van der Waals surface area contributed by atoms with E-state index in [2.05, 4.69) is 50.4 Å². The third-order valence-electron chi connectivity index (χ3n) is 3.57. The molecule has 0 aliphatic heterocycles. The minimum Gasteiger partial charge on any atom is -0.310 e. The Morgan fingerprint density at radius 2 is 1.85 bits per heavy atom. The lowest BCUT2D eigenvalue weighted by molar-refractivity contribution is 0.528. The highest BCUT2D eigenvalue weighted by atomic mass is 35.5. The third kappa shape index (κ3) is 3.85. The average molecular weight is 308 g/mol. The zero-order valence-electron chi connectivity index (χ0n) is 12.4. The van der Waals surface area contributed by atoms with E-state index in [4.69, 9.17) is 11.6 Å². The van der Waals surface area contributed by atoms with Gasteiger partial charge >= 0.3 is 0 Å². The Morgan fingerprint density at radius 1 is 1.15 bits per heavy atom. The van der Waals surface area contributed by atoms with E-state index in [-0.39, 0.29) is 0 Å². The molecule has 0 spiro atoms. The van der Waals surface area contributed by atoms with Crippen molar-refractivity contribution in [3.8, 4) is 0 Å². The molecule has 1 unspecified atom stereocenters. The summed E-state index contributed by atoms with van der Waals surface area (Å²) in [6.07, 6.45) is 2.15. The largest absolute Gasteiger partial charge is 0.310 e. The van der Waals surface area contributed by atoms with Crippen LogP contribution in [0.4, 0.5) is 0 Å². The molecule has 1 aromatic heterocycles. The summed E-state index contributed by atoms with van der Waals surface area (Å²) in [5.74, 6) is 0. The molecule has 1 nitrogen and oxygen atoms in total. The molecule has 0 saturated carbocycles. The van der Waals surface area contributed by atoms with Crippen LogP contribution in [0.25, 0.3) is 0 Å². The number of hydrogen-bond acceptors (Lipinski definition) is 2. The first-order valence-corrected chi connectivity index (χ1v) is 8.35. The predicted octanol–water partition coefficient (Wildman–Crippen LogP) is 5.30. The van der Waals surface area contributed by atoms with Gasteiger partial charge in [-0.2, -0.15) is 0 Å². The van der Waals surface area contributed by atoms with Crippen LogP contribution in [0.5, 0.6) is 0 Å². The van der Waals surface area contributed by atoms with E-state index in [0.717, 1.165) is 23.7 Å². The molecule has 0 fully saturated rings. The van der Waals surface area contributed by atoms with Crippen molar-refractivity contribution in [1.29, 1.82) is 0 Å². The van der Waals surface area contributed by atoms with Gasteiger partial charge in [-0.05, 0) is 55.6 Å². The number of halogens is 1. The molecule has 0 bridgehead atoms. The lowest BCUT2D eigenvalue weighted by atomic mass is 9.93. The molecule has 2 aromatic rings. The molecule has 0 saturated heterocycles. The van der Waals surface area contributed by atoms with Crippen LogP contribution >= 0.6 is 22.9 Å². The van der Waals surface area contributed by atoms with Crippen LogP contribution < -0.4 is 5.32 Å². The molecule has 3 heteroatoms. The second-order valence-electron chi connectivity index (χ2n) is 5.22. The molecular formula is C17H22ClNS. The smallest absolute Gasteiger partial charge is 0.0931 e. The van der Waals surface area contributed by atoms with Crippen molar-refractivity contribution in [1.82, 2.24) is 5.32 Å². The minimum atomic E-state index is 0.367. The Morgan fingerprint density at radius 3 is 2.40 bits per heavy atom. The standard InChI is InChI=1S/C17H22ClNS/c1-4-10-19-15(11-14-8-9-16(18)20-14)17-12(2)6-5-7-13(17)3/h5-9,15,19H,4,10-11H2,1-3H3. The second-order valence-corrected chi connectivity index (χ2v) is 7.02. The lowest BCUT2D eigenvalue weighted by Crippen LogP contribution is -2.25. The van der Waals surface area contributed by atoms with Crippen LogP contribution in [0.15, 0.2) is 30.3 Å². The number of aryl methyl sites for hydroxylation is 2. The summed E-state index contributed by atoms with van der Waals surface area (Å²) in [6, 6.07) is 11.0. The van der Waals surface area contributed by atoms with Crippen LogP contribution in [-0.2, 0) is 6.42 Å². The zero-order chi connectivity index (χ0) is 14.5. The third-order valence-corrected chi connectivity index (χ3v) is 4.82. The lowest BCUT2D eigenvalue weighted by Gasteiger charge is -2.22. The van der Waals surface area contributed by atoms with Crippen molar-refractivity contribution in [3.63, 3.8) is 0 Å². The monoisotopic (exact) mass is 307 g/mol. The van der Waals surface area contributed by atoms with Gasteiger partial charge in [0.2, 0.25) is 0 Å². The number of thiophene rings is 1. The summed E-state index contributed by atoms with van der Waals surface area (Å²) in [4.78, 5) is 1.34. The van der Waals surface area contributed by atoms with E-state index in [0.29, 0.717) is 6.04 Å². The first-order chi connectivity index (χ1) is 9.61. The van der Waals surface area contributed by atoms with Crippen molar-refractivity contribution >= 4 is 22.9 Å². The van der Waals surface area contributed by atoms with Gasteiger partial charge in [0.05, 0.1) is 4.34 Å². The quantitative estimate of drug-likeness (QED) is 0.763. The van der Waals surface area contributed by atoms with Gasteiger partial charge in [-0.3, -0.25) is 0 Å². The van der Waals surface area contributed by atoms with E-state index in [1.165, 1.54) is 21.6 Å². The molecule has 1 aromatic carbocycles. The Kier molecular flexibility index (Phi) is 5.64. The first-order valence-electron chi connectivity index (χ1n) is 7.15. The maximum atomic E-state index is 6.05. The van der Waals surface area contributed by atoms with Crippen molar-refractivity contribution in [3.05, 3.63) is 56.2 Å². The van der Waals surface area contributed by atoms with Crippen LogP contribution in [-0.4, -0.2) is 6.54 Å². The Balaban J connectivity index is 2.27. The van der Waals surface area contributed by atoms with Crippen LogP contribution in [0.2, 0.25) is 4.34 Å². The van der Waals surface area contributed by atoms with Crippen molar-refractivity contribution < 1.29 is 0 Å². The number of hydrogen-bond donors (Lipinski definition) is 1. The van der Waals surface area contributed by atoms with E-state index in [9.17, 15) is 0 Å². The summed E-state index contributed by atoms with van der Waals surface area (Å²) >= 11 is 7.74. The highest BCUT2D eigenvalue weighted by molar-refractivity contribution is 7.16. The van der Waals surface area contributed by atoms with Gasteiger partial charge in [-0.25, -0.2) is 0 Å². The maximum Gasteiger partial charge on any atom is 0.0931 e. The van der Waals surface area contributed by atoms with Gasteiger partial charge in [-0.1, -0.05) is 36.7 Å². The SMILES string of the molecule is CCCNC(Cc1ccc(Cl)s1)c1c(C)cccc1C. The topological polar surface area (TPSA) is 12.0 Å². The van der Waals surface area contributed by atoms with Gasteiger partial charge < -0.3 is 5.32 Å². The summed E-state index contributed by atoms with van der Waals surface area (Å²) in [6.45, 7) is 7.64. The summed E-state index contributed by atoms with van der Waals surface area (Å²) in [7, 11) is 0. The molecule has 0 aliphatic carbocycles. The molecule has 2 rings (SSSR count). The van der Waals surface area contributed by atoms with Crippen molar-refractivity contribution in [2.24, 2.45) is 0 Å². The predicted molar refractivity (Wildman–Crippen MR) is 90.0 cm³/mol. The van der Waals surface area contributed by atoms with Gasteiger partial charge in [0, 0.05) is 17.3 Å². The second kappa shape index (κ2) is 7.26. The highest BCUT2D eigenvalue weighted by Crippen LogP contribution is 2.29. The normalized spacial score (nSPS) is 12.6.